The van der Waals surface area contributed by atoms with Crippen LogP contribution in [0.25, 0.3) is 0 Å². The first kappa shape index (κ1) is 13.6. The van der Waals surface area contributed by atoms with Gasteiger partial charge in [0.15, 0.2) is 0 Å². The van der Waals surface area contributed by atoms with E-state index in [-0.39, 0.29) is 12.1 Å². The lowest BCUT2D eigenvalue weighted by Crippen LogP contribution is -2.44. The fourth-order valence-corrected chi connectivity index (χ4v) is 3.19. The molecule has 1 aromatic heterocycles. The standard InChI is InChI=1S/C15H26N2O/c1-3-13-8-5-4-6-10-17(13)15(12(2)16)14-9-7-11-18-14/h7,9,11-13,15H,3-6,8,10,16H2,1-2H3. The minimum atomic E-state index is 0.100. The minimum absolute atomic E-state index is 0.100. The van der Waals surface area contributed by atoms with Crippen molar-refractivity contribution in [2.45, 2.75) is 64.1 Å². The van der Waals surface area contributed by atoms with E-state index < -0.39 is 0 Å². The molecule has 2 heterocycles. The third kappa shape index (κ3) is 2.96. The Balaban J connectivity index is 2.22. The molecule has 0 amide bonds. The van der Waals surface area contributed by atoms with E-state index in [9.17, 15) is 0 Å². The Labute approximate surface area is 110 Å². The first-order valence-electron chi connectivity index (χ1n) is 7.28. The molecule has 18 heavy (non-hydrogen) atoms. The molecular weight excluding hydrogens is 224 g/mol. The summed E-state index contributed by atoms with van der Waals surface area (Å²) in [6.07, 6.45) is 8.21. The van der Waals surface area contributed by atoms with Crippen molar-refractivity contribution in [2.75, 3.05) is 6.54 Å². The molecule has 0 saturated carbocycles. The summed E-state index contributed by atoms with van der Waals surface area (Å²) >= 11 is 0. The SMILES string of the molecule is CCC1CCCCCN1C(c1ccco1)C(C)N. The van der Waals surface area contributed by atoms with E-state index in [4.69, 9.17) is 10.2 Å². The maximum Gasteiger partial charge on any atom is 0.122 e. The van der Waals surface area contributed by atoms with Crippen molar-refractivity contribution < 1.29 is 4.42 Å². The van der Waals surface area contributed by atoms with E-state index in [1.54, 1.807) is 6.26 Å². The molecule has 3 nitrogen and oxygen atoms in total. The molecule has 3 unspecified atom stereocenters. The highest BCUT2D eigenvalue weighted by atomic mass is 16.3. The second-order valence-electron chi connectivity index (χ2n) is 5.47. The predicted octanol–water partition coefficient (Wildman–Crippen LogP) is 3.32. The summed E-state index contributed by atoms with van der Waals surface area (Å²) in [5.74, 6) is 1.02. The summed E-state index contributed by atoms with van der Waals surface area (Å²) in [6, 6.07) is 5.00. The average molecular weight is 250 g/mol. The molecule has 1 saturated heterocycles. The van der Waals surface area contributed by atoms with E-state index in [0.717, 1.165) is 12.3 Å². The molecule has 0 bridgehead atoms. The maximum absolute atomic E-state index is 6.22. The Morgan fingerprint density at radius 1 is 1.44 bits per heavy atom. The first-order chi connectivity index (χ1) is 8.74. The highest BCUT2D eigenvalue weighted by Crippen LogP contribution is 2.31. The number of hydrogen-bond acceptors (Lipinski definition) is 3. The summed E-state index contributed by atoms with van der Waals surface area (Å²) in [5, 5.41) is 0. The van der Waals surface area contributed by atoms with Crippen LogP contribution in [0.4, 0.5) is 0 Å². The summed E-state index contributed by atoms with van der Waals surface area (Å²) in [7, 11) is 0. The lowest BCUT2D eigenvalue weighted by molar-refractivity contribution is 0.101. The average Bonchev–Trinajstić information content (AvgIpc) is 2.75. The molecular formula is C15H26N2O. The van der Waals surface area contributed by atoms with Crippen LogP contribution in [0.1, 0.15) is 57.8 Å². The second-order valence-corrected chi connectivity index (χ2v) is 5.47. The van der Waals surface area contributed by atoms with Crippen LogP contribution in [0, 0.1) is 0 Å². The highest BCUT2D eigenvalue weighted by molar-refractivity contribution is 5.08. The zero-order valence-corrected chi connectivity index (χ0v) is 11.6. The van der Waals surface area contributed by atoms with Gasteiger partial charge in [0.25, 0.3) is 0 Å². The molecule has 2 N–H and O–H groups in total. The van der Waals surface area contributed by atoms with Gasteiger partial charge in [-0.25, -0.2) is 0 Å². The quantitative estimate of drug-likeness (QED) is 0.891. The second kappa shape index (κ2) is 6.39. The molecule has 2 rings (SSSR count). The Morgan fingerprint density at radius 3 is 2.89 bits per heavy atom. The van der Waals surface area contributed by atoms with Crippen molar-refractivity contribution in [2.24, 2.45) is 5.73 Å². The number of hydrogen-bond donors (Lipinski definition) is 1. The van der Waals surface area contributed by atoms with Gasteiger partial charge in [-0.1, -0.05) is 19.8 Å². The molecule has 3 atom stereocenters. The van der Waals surface area contributed by atoms with E-state index in [2.05, 4.69) is 24.8 Å². The Hall–Kier alpha value is -0.800. The van der Waals surface area contributed by atoms with Crippen LogP contribution in [0.3, 0.4) is 0 Å². The summed E-state index contributed by atoms with van der Waals surface area (Å²) in [5.41, 5.74) is 6.22. The number of rotatable bonds is 4. The summed E-state index contributed by atoms with van der Waals surface area (Å²) in [6.45, 7) is 5.51. The van der Waals surface area contributed by atoms with Crippen LogP contribution in [0.5, 0.6) is 0 Å². The van der Waals surface area contributed by atoms with E-state index in [1.807, 2.05) is 6.07 Å². The van der Waals surface area contributed by atoms with E-state index in [0.29, 0.717) is 6.04 Å². The maximum atomic E-state index is 6.22. The smallest absolute Gasteiger partial charge is 0.122 e. The number of nitrogens with zero attached hydrogens (tertiary/aromatic N) is 1. The van der Waals surface area contributed by atoms with Crippen molar-refractivity contribution in [3.63, 3.8) is 0 Å². The minimum Gasteiger partial charge on any atom is -0.468 e. The van der Waals surface area contributed by atoms with Crippen molar-refractivity contribution in [1.29, 1.82) is 0 Å². The molecule has 3 heteroatoms. The van der Waals surface area contributed by atoms with E-state index in [1.165, 1.54) is 32.1 Å². The third-order valence-corrected chi connectivity index (χ3v) is 4.08. The van der Waals surface area contributed by atoms with E-state index >= 15 is 0 Å². The summed E-state index contributed by atoms with van der Waals surface area (Å²) < 4.78 is 5.62. The van der Waals surface area contributed by atoms with Crippen molar-refractivity contribution in [1.82, 2.24) is 4.90 Å². The van der Waals surface area contributed by atoms with Crippen molar-refractivity contribution in [3.8, 4) is 0 Å². The molecule has 1 aliphatic rings. The van der Waals surface area contributed by atoms with Gasteiger partial charge in [0.05, 0.1) is 12.3 Å². The van der Waals surface area contributed by atoms with Gasteiger partial charge in [0.2, 0.25) is 0 Å². The zero-order chi connectivity index (χ0) is 13.0. The van der Waals surface area contributed by atoms with Crippen molar-refractivity contribution in [3.05, 3.63) is 24.2 Å². The lowest BCUT2D eigenvalue weighted by atomic mass is 10.0. The van der Waals surface area contributed by atoms with Gasteiger partial charge < -0.3 is 10.2 Å². The predicted molar refractivity (Wildman–Crippen MR) is 74.4 cm³/mol. The van der Waals surface area contributed by atoms with Crippen LogP contribution in [-0.2, 0) is 0 Å². The third-order valence-electron chi connectivity index (χ3n) is 4.08. The number of nitrogens with two attached hydrogens (primary N) is 1. The highest BCUT2D eigenvalue weighted by Gasteiger charge is 2.31. The molecule has 0 radical (unpaired) electrons. The van der Waals surface area contributed by atoms with Gasteiger partial charge in [-0.2, -0.15) is 0 Å². The van der Waals surface area contributed by atoms with Crippen LogP contribution >= 0.6 is 0 Å². The van der Waals surface area contributed by atoms with Crippen LogP contribution in [0.15, 0.2) is 22.8 Å². The van der Waals surface area contributed by atoms with Gasteiger partial charge in [0.1, 0.15) is 5.76 Å². The number of furan rings is 1. The Bertz CT molecular complexity index is 334. The first-order valence-corrected chi connectivity index (χ1v) is 7.28. The largest absolute Gasteiger partial charge is 0.468 e. The molecule has 1 aliphatic heterocycles. The molecule has 0 aromatic carbocycles. The van der Waals surface area contributed by atoms with Gasteiger partial charge in [0, 0.05) is 12.1 Å². The van der Waals surface area contributed by atoms with Gasteiger partial charge in [-0.15, -0.1) is 0 Å². The molecule has 102 valence electrons. The molecule has 1 fully saturated rings. The van der Waals surface area contributed by atoms with Crippen LogP contribution in [-0.4, -0.2) is 23.5 Å². The van der Waals surface area contributed by atoms with Crippen molar-refractivity contribution >= 4 is 0 Å². The zero-order valence-electron chi connectivity index (χ0n) is 11.6. The Kier molecular flexibility index (Phi) is 4.84. The fraction of sp³-hybridized carbons (Fsp3) is 0.733. The van der Waals surface area contributed by atoms with Gasteiger partial charge in [-0.05, 0) is 44.9 Å². The monoisotopic (exact) mass is 250 g/mol. The topological polar surface area (TPSA) is 42.4 Å². The lowest BCUT2D eigenvalue weighted by Gasteiger charge is -2.37. The van der Waals surface area contributed by atoms with Gasteiger partial charge >= 0.3 is 0 Å². The summed E-state index contributed by atoms with van der Waals surface area (Å²) in [4.78, 5) is 2.58. The van der Waals surface area contributed by atoms with Crippen LogP contribution in [0.2, 0.25) is 0 Å². The molecule has 0 aliphatic carbocycles. The Morgan fingerprint density at radius 2 is 2.28 bits per heavy atom. The number of likely N-dealkylation sites (tertiary alicyclic amines) is 1. The normalized spacial score (nSPS) is 25.6. The van der Waals surface area contributed by atoms with Gasteiger partial charge in [-0.3, -0.25) is 4.90 Å². The fourth-order valence-electron chi connectivity index (χ4n) is 3.19. The molecule has 1 aromatic rings. The molecule has 0 spiro atoms. The van der Waals surface area contributed by atoms with Crippen LogP contribution < -0.4 is 5.73 Å².